The number of fused-ring (bicyclic) bond motifs is 3. The van der Waals surface area contributed by atoms with Crippen LogP contribution in [0.25, 0.3) is 0 Å². The molecule has 0 bridgehead atoms. The molecule has 0 saturated carbocycles. The molecule has 4 rings (SSSR count). The molecule has 1 aliphatic heterocycles. The summed E-state index contributed by atoms with van der Waals surface area (Å²) in [5.41, 5.74) is 3.09. The zero-order valence-electron chi connectivity index (χ0n) is 13.1. The summed E-state index contributed by atoms with van der Waals surface area (Å²) in [4.78, 5) is 0. The molecule has 2 aliphatic rings. The molecule has 0 spiro atoms. The number of ether oxygens (including phenoxy) is 1. The van der Waals surface area contributed by atoms with Crippen LogP contribution in [0.2, 0.25) is 0 Å². The van der Waals surface area contributed by atoms with E-state index in [0.717, 1.165) is 23.4 Å². The molecule has 1 aliphatic carbocycles. The van der Waals surface area contributed by atoms with E-state index >= 15 is 0 Å². The Kier molecular flexibility index (Phi) is 3.56. The van der Waals surface area contributed by atoms with Crippen molar-refractivity contribution in [3.05, 3.63) is 71.6 Å². The Bertz CT molecular complexity index is 755. The van der Waals surface area contributed by atoms with E-state index in [1.54, 1.807) is 12.1 Å². The molecule has 2 aromatic rings. The van der Waals surface area contributed by atoms with E-state index < -0.39 is 0 Å². The molecule has 1 N–H and O–H groups in total. The highest BCUT2D eigenvalue weighted by Gasteiger charge is 2.38. The standard InChI is InChI=1S/C20H20FNO/c1-2-23-13-10-11-19-17(12-13)14-7-5-8-15(14)20(22-19)16-6-3-4-9-18(16)21/h3-7,9-12,14-15,20,22H,2,8H2,1H3/t14-,15+,20+/m1/s1. The Morgan fingerprint density at radius 3 is 2.87 bits per heavy atom. The number of benzene rings is 2. The van der Waals surface area contributed by atoms with Crippen LogP contribution >= 0.6 is 0 Å². The number of anilines is 1. The molecule has 2 aromatic carbocycles. The predicted molar refractivity (Wildman–Crippen MR) is 90.4 cm³/mol. The number of halogens is 1. The second-order valence-corrected chi connectivity index (χ2v) is 6.18. The van der Waals surface area contributed by atoms with Crippen molar-refractivity contribution >= 4 is 5.69 Å². The summed E-state index contributed by atoms with van der Waals surface area (Å²) in [7, 11) is 0. The zero-order chi connectivity index (χ0) is 15.8. The van der Waals surface area contributed by atoms with E-state index in [-0.39, 0.29) is 11.9 Å². The van der Waals surface area contributed by atoms with Crippen LogP contribution in [0.5, 0.6) is 5.75 Å². The number of nitrogens with one attached hydrogen (secondary N) is 1. The second kappa shape index (κ2) is 5.73. The lowest BCUT2D eigenvalue weighted by atomic mass is 9.77. The van der Waals surface area contributed by atoms with Gasteiger partial charge in [-0.3, -0.25) is 0 Å². The Labute approximate surface area is 136 Å². The fourth-order valence-electron chi connectivity index (χ4n) is 3.86. The third-order valence-electron chi connectivity index (χ3n) is 4.89. The molecular formula is C20H20FNO. The first kappa shape index (κ1) is 14.3. The minimum absolute atomic E-state index is 0.00152. The van der Waals surface area contributed by atoms with Crippen LogP contribution in [0.4, 0.5) is 10.1 Å². The van der Waals surface area contributed by atoms with E-state index in [1.165, 1.54) is 5.56 Å². The van der Waals surface area contributed by atoms with Gasteiger partial charge in [0.15, 0.2) is 0 Å². The van der Waals surface area contributed by atoms with Crippen LogP contribution in [0, 0.1) is 11.7 Å². The third kappa shape index (κ3) is 2.40. The highest BCUT2D eigenvalue weighted by Crippen LogP contribution is 2.50. The van der Waals surface area contributed by atoms with Gasteiger partial charge in [0.2, 0.25) is 0 Å². The molecule has 3 heteroatoms. The van der Waals surface area contributed by atoms with E-state index in [0.29, 0.717) is 18.4 Å². The van der Waals surface area contributed by atoms with E-state index in [9.17, 15) is 4.39 Å². The van der Waals surface area contributed by atoms with Gasteiger partial charge in [-0.05, 0) is 49.1 Å². The summed E-state index contributed by atoms with van der Waals surface area (Å²) < 4.78 is 19.9. The monoisotopic (exact) mass is 309 g/mol. The van der Waals surface area contributed by atoms with Crippen molar-refractivity contribution in [2.45, 2.75) is 25.3 Å². The molecule has 0 saturated heterocycles. The number of allylic oxidation sites excluding steroid dienone is 2. The van der Waals surface area contributed by atoms with Crippen LogP contribution in [0.3, 0.4) is 0 Å². The summed E-state index contributed by atoms with van der Waals surface area (Å²) in [5.74, 6) is 1.43. The molecule has 3 atom stereocenters. The quantitative estimate of drug-likeness (QED) is 0.801. The average Bonchev–Trinajstić information content (AvgIpc) is 3.05. The first-order valence-corrected chi connectivity index (χ1v) is 8.22. The molecule has 0 amide bonds. The Morgan fingerprint density at radius 2 is 2.04 bits per heavy atom. The molecular weight excluding hydrogens is 289 g/mol. The smallest absolute Gasteiger partial charge is 0.128 e. The minimum Gasteiger partial charge on any atom is -0.494 e. The predicted octanol–water partition coefficient (Wildman–Crippen LogP) is 5.05. The molecule has 23 heavy (non-hydrogen) atoms. The van der Waals surface area contributed by atoms with Gasteiger partial charge < -0.3 is 10.1 Å². The molecule has 0 unspecified atom stereocenters. The van der Waals surface area contributed by atoms with Gasteiger partial charge in [-0.25, -0.2) is 4.39 Å². The van der Waals surface area contributed by atoms with Gasteiger partial charge in [0.05, 0.1) is 12.6 Å². The van der Waals surface area contributed by atoms with Crippen molar-refractivity contribution in [1.82, 2.24) is 0 Å². The fraction of sp³-hybridized carbons (Fsp3) is 0.300. The lowest BCUT2D eigenvalue weighted by Crippen LogP contribution is -2.29. The van der Waals surface area contributed by atoms with Gasteiger partial charge in [0.1, 0.15) is 11.6 Å². The maximum Gasteiger partial charge on any atom is 0.128 e. The summed E-state index contributed by atoms with van der Waals surface area (Å²) in [6, 6.07) is 13.2. The molecule has 1 heterocycles. The SMILES string of the molecule is CCOc1ccc2c(c1)[C@@H]1C=CC[C@@H]1[C@@H](c1ccccc1F)N2. The molecule has 0 radical (unpaired) electrons. The van der Waals surface area contributed by atoms with Crippen molar-refractivity contribution in [2.75, 3.05) is 11.9 Å². The van der Waals surface area contributed by atoms with Crippen LogP contribution in [-0.4, -0.2) is 6.61 Å². The summed E-state index contributed by atoms with van der Waals surface area (Å²) in [5, 5.41) is 3.56. The van der Waals surface area contributed by atoms with Gasteiger partial charge in [0, 0.05) is 17.2 Å². The lowest BCUT2D eigenvalue weighted by Gasteiger charge is -2.37. The topological polar surface area (TPSA) is 21.3 Å². The van der Waals surface area contributed by atoms with Crippen molar-refractivity contribution < 1.29 is 9.13 Å². The zero-order valence-corrected chi connectivity index (χ0v) is 13.1. The van der Waals surface area contributed by atoms with Crippen molar-refractivity contribution in [3.63, 3.8) is 0 Å². The van der Waals surface area contributed by atoms with Crippen molar-refractivity contribution in [1.29, 1.82) is 0 Å². The second-order valence-electron chi connectivity index (χ2n) is 6.18. The Morgan fingerprint density at radius 1 is 1.17 bits per heavy atom. The minimum atomic E-state index is -0.134. The van der Waals surface area contributed by atoms with Crippen LogP contribution in [-0.2, 0) is 0 Å². The van der Waals surface area contributed by atoms with Gasteiger partial charge in [-0.1, -0.05) is 30.4 Å². The lowest BCUT2D eigenvalue weighted by molar-refractivity contribution is 0.338. The van der Waals surface area contributed by atoms with Crippen LogP contribution < -0.4 is 10.1 Å². The van der Waals surface area contributed by atoms with E-state index in [2.05, 4.69) is 29.6 Å². The number of rotatable bonds is 3. The van der Waals surface area contributed by atoms with Crippen molar-refractivity contribution in [2.24, 2.45) is 5.92 Å². The summed E-state index contributed by atoms with van der Waals surface area (Å²) >= 11 is 0. The third-order valence-corrected chi connectivity index (χ3v) is 4.89. The van der Waals surface area contributed by atoms with Crippen molar-refractivity contribution in [3.8, 4) is 5.75 Å². The fourth-order valence-corrected chi connectivity index (χ4v) is 3.86. The van der Waals surface area contributed by atoms with Gasteiger partial charge in [-0.2, -0.15) is 0 Å². The van der Waals surface area contributed by atoms with Gasteiger partial charge in [-0.15, -0.1) is 0 Å². The largest absolute Gasteiger partial charge is 0.494 e. The maximum absolute atomic E-state index is 14.3. The molecule has 118 valence electrons. The number of hydrogen-bond acceptors (Lipinski definition) is 2. The van der Waals surface area contributed by atoms with Gasteiger partial charge in [0.25, 0.3) is 0 Å². The Balaban J connectivity index is 1.76. The molecule has 0 aromatic heterocycles. The highest BCUT2D eigenvalue weighted by molar-refractivity contribution is 5.61. The normalized spacial score (nSPS) is 24.7. The Hall–Kier alpha value is -2.29. The summed E-state index contributed by atoms with van der Waals surface area (Å²) in [6.07, 6.45) is 5.44. The van der Waals surface area contributed by atoms with E-state index in [1.807, 2.05) is 25.1 Å². The van der Waals surface area contributed by atoms with Crippen LogP contribution in [0.1, 0.15) is 36.4 Å². The maximum atomic E-state index is 14.3. The van der Waals surface area contributed by atoms with E-state index in [4.69, 9.17) is 4.74 Å². The first-order valence-electron chi connectivity index (χ1n) is 8.22. The average molecular weight is 309 g/mol. The number of hydrogen-bond donors (Lipinski definition) is 1. The molecule has 2 nitrogen and oxygen atoms in total. The highest BCUT2D eigenvalue weighted by atomic mass is 19.1. The molecule has 0 fully saturated rings. The summed E-state index contributed by atoms with van der Waals surface area (Å²) in [6.45, 7) is 2.65. The first-order chi connectivity index (χ1) is 11.3. The van der Waals surface area contributed by atoms with Crippen LogP contribution in [0.15, 0.2) is 54.6 Å². The van der Waals surface area contributed by atoms with Gasteiger partial charge >= 0.3 is 0 Å².